The third-order valence-electron chi connectivity index (χ3n) is 9.34. The minimum Gasteiger partial charge on any atom is -0.493 e. The number of alkyl carbamates (subject to hydrolysis) is 1. The van der Waals surface area contributed by atoms with Crippen molar-refractivity contribution in [2.75, 3.05) is 27.2 Å². The third kappa shape index (κ3) is 5.21. The molecule has 2 N–H and O–H groups in total. The zero-order chi connectivity index (χ0) is 32.1. The summed E-state index contributed by atoms with van der Waals surface area (Å²) in [7, 11) is 3.60. The molecule has 2 bridgehead atoms. The van der Waals surface area contributed by atoms with Crippen molar-refractivity contribution in [3.63, 3.8) is 0 Å². The van der Waals surface area contributed by atoms with E-state index in [2.05, 4.69) is 10.2 Å². The highest BCUT2D eigenvalue weighted by Crippen LogP contribution is 2.65. The minimum absolute atomic E-state index is 0.0372. The van der Waals surface area contributed by atoms with Gasteiger partial charge in [0.25, 0.3) is 0 Å². The summed E-state index contributed by atoms with van der Waals surface area (Å²) in [4.78, 5) is 40.9. The molecular weight excluding hydrogens is 580 g/mol. The van der Waals surface area contributed by atoms with Crippen molar-refractivity contribution in [3.8, 4) is 11.5 Å². The highest BCUT2D eigenvalue weighted by Gasteiger charge is 2.72. The Kier molecular flexibility index (Phi) is 7.81. The first-order valence-electron chi connectivity index (χ1n) is 15.3. The molecule has 1 unspecified atom stereocenters. The van der Waals surface area contributed by atoms with Crippen LogP contribution in [0, 0.1) is 0 Å². The molecule has 1 spiro atoms. The Morgan fingerprint density at radius 3 is 2.62 bits per heavy atom. The molecule has 11 heteroatoms. The van der Waals surface area contributed by atoms with Crippen molar-refractivity contribution in [1.29, 1.82) is 0 Å². The van der Waals surface area contributed by atoms with Crippen molar-refractivity contribution in [2.45, 2.75) is 81.3 Å². The first-order valence-corrected chi connectivity index (χ1v) is 15.3. The molecule has 5 atom stereocenters. The zero-order valence-electron chi connectivity index (χ0n) is 26.3. The van der Waals surface area contributed by atoms with Gasteiger partial charge in [0.2, 0.25) is 6.10 Å². The smallest absolute Gasteiger partial charge is 0.407 e. The standard InChI is InChI=1S/C34H40N2O9/c1-32(2,3)45-31(39)35-17-14-25(37)43-27(20-9-7-6-8-10-20)30(38)42-23-13-15-34(40)24-19-21-11-12-22(41-5)28-26(21)33(34,29(23)44-28)16-18-36(24)4/h6-13,24,27,29,40H,14-19H2,1-5H3,(H,35,39)/t24-,27?,29+,33+,34-/m1/s1. The average molecular weight is 621 g/mol. The molecular formula is C34H40N2O9. The Morgan fingerprint density at radius 1 is 1.16 bits per heavy atom. The van der Waals surface area contributed by atoms with Gasteiger partial charge in [-0.05, 0) is 64.9 Å². The van der Waals surface area contributed by atoms with E-state index in [1.807, 2.05) is 19.2 Å². The maximum Gasteiger partial charge on any atom is 0.407 e. The first-order chi connectivity index (χ1) is 21.4. The molecule has 1 saturated heterocycles. The van der Waals surface area contributed by atoms with E-state index in [4.69, 9.17) is 23.7 Å². The molecule has 1 amide bonds. The van der Waals surface area contributed by atoms with E-state index in [1.165, 1.54) is 0 Å². The quantitative estimate of drug-likeness (QED) is 0.332. The van der Waals surface area contributed by atoms with Gasteiger partial charge in [0, 0.05) is 30.1 Å². The fourth-order valence-electron chi connectivity index (χ4n) is 7.41. The lowest BCUT2D eigenvalue weighted by atomic mass is 9.50. The Morgan fingerprint density at radius 2 is 1.91 bits per heavy atom. The van der Waals surface area contributed by atoms with E-state index in [1.54, 1.807) is 64.3 Å². The Hall–Kier alpha value is -4.09. The molecule has 0 aromatic heterocycles. The predicted molar refractivity (Wildman–Crippen MR) is 162 cm³/mol. The van der Waals surface area contributed by atoms with Crippen LogP contribution in [0.15, 0.2) is 54.3 Å². The second-order valence-corrected chi connectivity index (χ2v) is 13.2. The van der Waals surface area contributed by atoms with Gasteiger partial charge in [-0.1, -0.05) is 36.4 Å². The van der Waals surface area contributed by atoms with Gasteiger partial charge in [-0.15, -0.1) is 0 Å². The van der Waals surface area contributed by atoms with Gasteiger partial charge in [0.15, 0.2) is 17.6 Å². The van der Waals surface area contributed by atoms with Gasteiger partial charge in [-0.25, -0.2) is 9.59 Å². The number of aliphatic hydroxyl groups is 1. The van der Waals surface area contributed by atoms with Gasteiger partial charge in [0.05, 0.1) is 24.5 Å². The van der Waals surface area contributed by atoms with E-state index >= 15 is 0 Å². The molecule has 2 aromatic rings. The Balaban J connectivity index is 1.25. The second kappa shape index (κ2) is 11.4. The normalized spacial score (nSPS) is 26.8. The van der Waals surface area contributed by atoms with Crippen molar-refractivity contribution in [1.82, 2.24) is 10.2 Å². The number of benzene rings is 2. The Labute approximate surface area is 262 Å². The maximum absolute atomic E-state index is 13.9. The highest BCUT2D eigenvalue weighted by molar-refractivity contribution is 5.82. The molecule has 11 nitrogen and oxygen atoms in total. The van der Waals surface area contributed by atoms with Gasteiger partial charge < -0.3 is 39.0 Å². The van der Waals surface area contributed by atoms with Crippen LogP contribution in [0.1, 0.15) is 62.8 Å². The lowest BCUT2D eigenvalue weighted by molar-refractivity contribution is -0.176. The number of likely N-dealkylation sites (N-methyl/N-ethyl adjacent to an activating group) is 1. The maximum atomic E-state index is 13.9. The average Bonchev–Trinajstić information content (AvgIpc) is 3.34. The number of carbonyl (C=O) groups is 3. The minimum atomic E-state index is -1.37. The lowest BCUT2D eigenvalue weighted by Crippen LogP contribution is -2.74. The predicted octanol–water partition coefficient (Wildman–Crippen LogP) is 3.72. The van der Waals surface area contributed by atoms with Crippen LogP contribution in [0.25, 0.3) is 0 Å². The van der Waals surface area contributed by atoms with E-state index in [9.17, 15) is 19.5 Å². The molecule has 2 aliphatic heterocycles. The molecule has 45 heavy (non-hydrogen) atoms. The summed E-state index contributed by atoms with van der Waals surface area (Å²) >= 11 is 0. The van der Waals surface area contributed by atoms with Crippen molar-refractivity contribution >= 4 is 18.0 Å². The number of esters is 2. The number of nitrogens with one attached hydrogen (secondary N) is 1. The summed E-state index contributed by atoms with van der Waals surface area (Å²) in [5.74, 6) is -0.114. The van der Waals surface area contributed by atoms with E-state index in [0.29, 0.717) is 29.9 Å². The van der Waals surface area contributed by atoms with Gasteiger partial charge in [-0.2, -0.15) is 0 Å². The number of rotatable bonds is 8. The number of carbonyl (C=O) groups excluding carboxylic acids is 3. The van der Waals surface area contributed by atoms with Crippen LogP contribution in [0.2, 0.25) is 0 Å². The van der Waals surface area contributed by atoms with E-state index in [0.717, 1.165) is 17.7 Å². The van der Waals surface area contributed by atoms with Crippen LogP contribution in [0.5, 0.6) is 11.5 Å². The first kappa shape index (κ1) is 30.9. The second-order valence-electron chi connectivity index (χ2n) is 13.2. The van der Waals surface area contributed by atoms with Crippen molar-refractivity contribution in [2.24, 2.45) is 0 Å². The van der Waals surface area contributed by atoms with Crippen LogP contribution in [-0.4, -0.2) is 78.6 Å². The molecule has 6 rings (SSSR count). The Bertz CT molecular complexity index is 1530. The summed E-state index contributed by atoms with van der Waals surface area (Å²) in [6, 6.07) is 12.4. The summed E-state index contributed by atoms with van der Waals surface area (Å²) in [5, 5.41) is 15.0. The summed E-state index contributed by atoms with van der Waals surface area (Å²) in [5.41, 5.74) is -0.254. The van der Waals surface area contributed by atoms with Gasteiger partial charge in [-0.3, -0.25) is 4.79 Å². The number of piperidine rings is 1. The topological polar surface area (TPSA) is 133 Å². The SMILES string of the molecule is COc1ccc2c3c1O[C@H]1C(OC(=O)C(OC(=O)CCNC(=O)OC(C)(C)C)c4ccccc4)=CC[C@@]4(O)[C@@H](C2)N(C)CC[C@]314. The number of amides is 1. The number of hydrogen-bond acceptors (Lipinski definition) is 10. The third-order valence-corrected chi connectivity index (χ3v) is 9.34. The van der Waals surface area contributed by atoms with Crippen LogP contribution in [0.4, 0.5) is 4.79 Å². The number of ether oxygens (including phenoxy) is 5. The summed E-state index contributed by atoms with van der Waals surface area (Å²) in [6.45, 7) is 5.91. The van der Waals surface area contributed by atoms with Crippen molar-refractivity contribution < 1.29 is 43.2 Å². The monoisotopic (exact) mass is 620 g/mol. The molecule has 0 saturated carbocycles. The molecule has 2 aromatic carbocycles. The van der Waals surface area contributed by atoms with Crippen molar-refractivity contribution in [3.05, 3.63) is 71.0 Å². The van der Waals surface area contributed by atoms with E-state index in [-0.39, 0.29) is 31.2 Å². The molecule has 2 heterocycles. The zero-order valence-corrected chi connectivity index (χ0v) is 26.3. The van der Waals surface area contributed by atoms with E-state index < -0.39 is 46.9 Å². The largest absolute Gasteiger partial charge is 0.493 e. The van der Waals surface area contributed by atoms with Gasteiger partial charge >= 0.3 is 18.0 Å². The number of methoxy groups -OCH3 is 1. The fourth-order valence-corrected chi connectivity index (χ4v) is 7.41. The fraction of sp³-hybridized carbons (Fsp3) is 0.500. The lowest BCUT2D eigenvalue weighted by Gasteiger charge is -2.61. The number of nitrogens with zero attached hydrogens (tertiary/aromatic N) is 1. The highest BCUT2D eigenvalue weighted by atomic mass is 16.6. The number of likely N-dealkylation sites (tertiary alicyclic amines) is 1. The molecule has 4 aliphatic rings. The van der Waals surface area contributed by atoms with Crippen LogP contribution < -0.4 is 14.8 Å². The summed E-state index contributed by atoms with van der Waals surface area (Å²) in [6.07, 6.45) is 0.232. The molecule has 2 aliphatic carbocycles. The molecule has 0 radical (unpaired) electrons. The summed E-state index contributed by atoms with van der Waals surface area (Å²) < 4.78 is 29.1. The van der Waals surface area contributed by atoms with Crippen LogP contribution >= 0.6 is 0 Å². The molecule has 240 valence electrons. The molecule has 1 fully saturated rings. The van der Waals surface area contributed by atoms with Crippen LogP contribution in [-0.2, 0) is 35.6 Å². The number of hydrogen-bond donors (Lipinski definition) is 2. The van der Waals surface area contributed by atoms with Crippen LogP contribution in [0.3, 0.4) is 0 Å². The van der Waals surface area contributed by atoms with Gasteiger partial charge in [0.1, 0.15) is 11.4 Å².